The smallest absolute Gasteiger partial charge is 0.267 e. The number of hydrogen-bond acceptors (Lipinski definition) is 4. The molecule has 1 aromatic carbocycles. The summed E-state index contributed by atoms with van der Waals surface area (Å²) in [5, 5.41) is 4.78. The maximum absolute atomic E-state index is 12.7. The first-order valence-corrected chi connectivity index (χ1v) is 11.9. The molecule has 2 N–H and O–H groups in total. The molecule has 0 fully saturated rings. The number of rotatable bonds is 9. The molecule has 1 amide bonds. The van der Waals surface area contributed by atoms with Crippen LogP contribution >= 0.6 is 0 Å². The zero-order chi connectivity index (χ0) is 23.6. The lowest BCUT2D eigenvalue weighted by molar-refractivity contribution is -0.122. The molecule has 1 aliphatic heterocycles. The van der Waals surface area contributed by atoms with Gasteiger partial charge in [-0.25, -0.2) is 4.68 Å². The van der Waals surface area contributed by atoms with Crippen molar-refractivity contribution >= 4 is 11.6 Å². The highest BCUT2D eigenvalue weighted by Crippen LogP contribution is 2.43. The van der Waals surface area contributed by atoms with E-state index in [0.29, 0.717) is 25.4 Å². The Morgan fingerprint density at radius 3 is 2.53 bits per heavy atom. The monoisotopic (exact) mass is 438 g/mol. The van der Waals surface area contributed by atoms with Crippen molar-refractivity contribution < 1.29 is 4.79 Å². The first-order chi connectivity index (χ1) is 15.1. The molecule has 1 atom stereocenters. The fraction of sp³-hybridized carbons (Fsp3) is 0.577. The highest BCUT2D eigenvalue weighted by Gasteiger charge is 2.36. The van der Waals surface area contributed by atoms with Crippen LogP contribution in [0, 0.1) is 5.92 Å². The average Bonchev–Trinajstić information content (AvgIpc) is 3.02. The Kier molecular flexibility index (Phi) is 7.11. The van der Waals surface area contributed by atoms with Crippen LogP contribution in [-0.4, -0.2) is 28.3 Å². The fourth-order valence-corrected chi connectivity index (χ4v) is 4.77. The van der Waals surface area contributed by atoms with E-state index in [1.807, 2.05) is 6.92 Å². The van der Waals surface area contributed by atoms with E-state index in [4.69, 9.17) is 10.8 Å². The topological polar surface area (TPSA) is 81.2 Å². The second kappa shape index (κ2) is 9.47. The Hall–Kier alpha value is -2.63. The minimum absolute atomic E-state index is 0.0559. The van der Waals surface area contributed by atoms with E-state index in [-0.39, 0.29) is 22.8 Å². The summed E-state index contributed by atoms with van der Waals surface area (Å²) in [6, 6.07) is 8.75. The van der Waals surface area contributed by atoms with Gasteiger partial charge in [-0.3, -0.25) is 9.59 Å². The maximum Gasteiger partial charge on any atom is 0.267 e. The molecule has 32 heavy (non-hydrogen) atoms. The van der Waals surface area contributed by atoms with Gasteiger partial charge in [0.05, 0.1) is 5.69 Å². The number of amides is 1. The van der Waals surface area contributed by atoms with Crippen LogP contribution in [-0.2, 0) is 23.2 Å². The summed E-state index contributed by atoms with van der Waals surface area (Å²) >= 11 is 0. The molecular formula is C26H38N4O2. The first kappa shape index (κ1) is 24.0. The van der Waals surface area contributed by atoms with Crippen LogP contribution in [0.25, 0.3) is 11.3 Å². The van der Waals surface area contributed by atoms with Gasteiger partial charge in [0.1, 0.15) is 0 Å². The third-order valence-electron chi connectivity index (χ3n) is 6.77. The summed E-state index contributed by atoms with van der Waals surface area (Å²) in [6.07, 6.45) is 2.83. The van der Waals surface area contributed by atoms with Crippen molar-refractivity contribution in [1.29, 1.82) is 0 Å². The van der Waals surface area contributed by atoms with Crippen LogP contribution < -0.4 is 16.2 Å². The Balaban J connectivity index is 1.95. The van der Waals surface area contributed by atoms with Crippen LogP contribution in [0.1, 0.15) is 71.9 Å². The Bertz CT molecular complexity index is 1040. The van der Waals surface area contributed by atoms with Crippen LogP contribution in [0.2, 0.25) is 0 Å². The van der Waals surface area contributed by atoms with Crippen molar-refractivity contribution in [2.75, 3.05) is 11.4 Å². The first-order valence-electron chi connectivity index (χ1n) is 11.9. The van der Waals surface area contributed by atoms with E-state index in [1.165, 1.54) is 11.3 Å². The number of aromatic nitrogens is 2. The Labute approximate surface area is 191 Å². The largest absolute Gasteiger partial charge is 0.369 e. The quantitative estimate of drug-likeness (QED) is 0.634. The molecule has 1 unspecified atom stereocenters. The Morgan fingerprint density at radius 2 is 1.94 bits per heavy atom. The molecular weight excluding hydrogens is 400 g/mol. The van der Waals surface area contributed by atoms with Crippen LogP contribution in [0.4, 0.5) is 5.69 Å². The standard InChI is InChI=1S/C26H38N4O2/c1-7-18(25(27)32)10-9-13-30-23(31)15-19(8-2)24(28-30)20-11-12-22-21(14-20)26(5,6)16-29(22)17(3)4/h11-12,14-15,17-18H,7-10,13,16H2,1-6H3,(H2,27,32). The van der Waals surface area contributed by atoms with Gasteiger partial charge in [-0.15, -0.1) is 0 Å². The molecule has 174 valence electrons. The van der Waals surface area contributed by atoms with Gasteiger partial charge in [0.15, 0.2) is 0 Å². The Morgan fingerprint density at radius 1 is 1.22 bits per heavy atom. The lowest BCUT2D eigenvalue weighted by Crippen LogP contribution is -2.33. The number of carbonyl (C=O) groups excluding carboxylic acids is 1. The number of anilines is 1. The molecule has 0 spiro atoms. The summed E-state index contributed by atoms with van der Waals surface area (Å²) in [5.41, 5.74) is 10.9. The van der Waals surface area contributed by atoms with Gasteiger partial charge in [-0.05, 0) is 62.8 Å². The highest BCUT2D eigenvalue weighted by atomic mass is 16.1. The lowest BCUT2D eigenvalue weighted by atomic mass is 9.85. The van der Waals surface area contributed by atoms with E-state index in [1.54, 1.807) is 10.7 Å². The summed E-state index contributed by atoms with van der Waals surface area (Å²) in [4.78, 5) is 26.6. The second-order valence-electron chi connectivity index (χ2n) is 9.92. The number of nitrogens with two attached hydrogens (primary N) is 1. The van der Waals surface area contributed by atoms with Crippen molar-refractivity contribution in [3.05, 3.63) is 45.7 Å². The fourth-order valence-electron chi connectivity index (χ4n) is 4.77. The molecule has 1 aliphatic rings. The summed E-state index contributed by atoms with van der Waals surface area (Å²) < 4.78 is 1.54. The van der Waals surface area contributed by atoms with E-state index < -0.39 is 0 Å². The molecule has 6 nitrogen and oxygen atoms in total. The van der Waals surface area contributed by atoms with Gasteiger partial charge in [-0.1, -0.05) is 33.8 Å². The third-order valence-corrected chi connectivity index (χ3v) is 6.77. The summed E-state index contributed by atoms with van der Waals surface area (Å²) in [5.74, 6) is -0.422. The van der Waals surface area contributed by atoms with Crippen molar-refractivity contribution in [2.45, 2.75) is 85.2 Å². The normalized spacial score (nSPS) is 15.8. The summed E-state index contributed by atoms with van der Waals surface area (Å²) in [7, 11) is 0. The van der Waals surface area contributed by atoms with E-state index in [0.717, 1.165) is 36.2 Å². The van der Waals surface area contributed by atoms with Crippen LogP contribution in [0.15, 0.2) is 29.1 Å². The minimum Gasteiger partial charge on any atom is -0.369 e. The van der Waals surface area contributed by atoms with Crippen molar-refractivity contribution in [3.8, 4) is 11.3 Å². The lowest BCUT2D eigenvalue weighted by Gasteiger charge is -2.26. The van der Waals surface area contributed by atoms with Crippen LogP contribution in [0.5, 0.6) is 0 Å². The van der Waals surface area contributed by atoms with Gasteiger partial charge in [0, 0.05) is 47.8 Å². The van der Waals surface area contributed by atoms with Gasteiger partial charge in [-0.2, -0.15) is 5.10 Å². The van der Waals surface area contributed by atoms with E-state index >= 15 is 0 Å². The van der Waals surface area contributed by atoms with Gasteiger partial charge < -0.3 is 10.6 Å². The molecule has 2 heterocycles. The molecule has 0 bridgehead atoms. The average molecular weight is 439 g/mol. The number of aryl methyl sites for hydroxylation is 2. The second-order valence-corrected chi connectivity index (χ2v) is 9.92. The molecule has 1 aromatic heterocycles. The summed E-state index contributed by atoms with van der Waals surface area (Å²) in [6.45, 7) is 14.5. The van der Waals surface area contributed by atoms with Gasteiger partial charge in [0.25, 0.3) is 5.56 Å². The number of carbonyl (C=O) groups is 1. The zero-order valence-electron chi connectivity index (χ0n) is 20.4. The molecule has 0 saturated heterocycles. The minimum atomic E-state index is -0.272. The van der Waals surface area contributed by atoms with Gasteiger partial charge in [0.2, 0.25) is 5.91 Å². The molecule has 6 heteroatoms. The molecule has 3 rings (SSSR count). The number of primary amides is 1. The number of benzene rings is 1. The predicted octanol–water partition coefficient (Wildman–Crippen LogP) is 4.27. The van der Waals surface area contributed by atoms with Crippen molar-refractivity contribution in [3.63, 3.8) is 0 Å². The number of fused-ring (bicyclic) bond motifs is 1. The van der Waals surface area contributed by atoms with Crippen LogP contribution in [0.3, 0.4) is 0 Å². The van der Waals surface area contributed by atoms with E-state index in [9.17, 15) is 9.59 Å². The van der Waals surface area contributed by atoms with Crippen molar-refractivity contribution in [1.82, 2.24) is 9.78 Å². The van der Waals surface area contributed by atoms with Gasteiger partial charge >= 0.3 is 0 Å². The molecule has 2 aromatic rings. The molecule has 0 saturated carbocycles. The number of nitrogens with zero attached hydrogens (tertiary/aromatic N) is 3. The highest BCUT2D eigenvalue weighted by molar-refractivity contribution is 5.76. The maximum atomic E-state index is 12.7. The molecule has 0 radical (unpaired) electrons. The SMILES string of the molecule is CCc1cc(=O)n(CCCC(CC)C(N)=O)nc1-c1ccc2c(c1)C(C)(C)CN2C(C)C. The predicted molar refractivity (Wildman–Crippen MR) is 131 cm³/mol. The zero-order valence-corrected chi connectivity index (χ0v) is 20.4. The molecule has 0 aliphatic carbocycles. The number of hydrogen-bond donors (Lipinski definition) is 1. The third kappa shape index (κ3) is 4.74. The van der Waals surface area contributed by atoms with Crippen molar-refractivity contribution in [2.24, 2.45) is 11.7 Å². The van der Waals surface area contributed by atoms with E-state index in [2.05, 4.69) is 57.7 Å².